The zero-order chi connectivity index (χ0) is 26.9. The van der Waals surface area contributed by atoms with E-state index >= 15 is 0 Å². The molecule has 0 unspecified atom stereocenters. The number of ether oxygens (including phenoxy) is 4. The minimum Gasteiger partial charge on any atom is -0.480 e. The number of nitrogens with one attached hydrogen (secondary N) is 4. The zero-order valence-corrected chi connectivity index (χ0v) is 21.6. The number of unbranched alkanes of at least 4 members (excludes halogenated alkanes) is 1. The lowest BCUT2D eigenvalue weighted by molar-refractivity contribution is -0.139. The number of carbonyl (C=O) groups excluding carboxylic acids is 3. The number of hydrogen-bond donors (Lipinski definition) is 5. The predicted octanol–water partition coefficient (Wildman–Crippen LogP) is -1.30. The minimum absolute atomic E-state index is 0.00150. The van der Waals surface area contributed by atoms with E-state index in [1.165, 1.54) is 0 Å². The van der Waals surface area contributed by atoms with Gasteiger partial charge in [0.2, 0.25) is 11.8 Å². The fourth-order valence-electron chi connectivity index (χ4n) is 2.75. The molecule has 0 aromatic rings. The van der Waals surface area contributed by atoms with E-state index in [-0.39, 0.29) is 44.0 Å². The van der Waals surface area contributed by atoms with Crippen LogP contribution in [0.1, 0.15) is 32.6 Å². The summed E-state index contributed by atoms with van der Waals surface area (Å²) < 4.78 is 21.1. The summed E-state index contributed by atoms with van der Waals surface area (Å²) in [5.41, 5.74) is 0. The van der Waals surface area contributed by atoms with E-state index in [1.54, 1.807) is 14.0 Å². The quantitative estimate of drug-likeness (QED) is 0.0858. The molecule has 0 heterocycles. The van der Waals surface area contributed by atoms with Gasteiger partial charge in [-0.25, -0.2) is 0 Å². The lowest BCUT2D eigenvalue weighted by atomic mass is 10.1. The molecule has 0 saturated heterocycles. The molecule has 0 saturated carbocycles. The maximum atomic E-state index is 11.7. The van der Waals surface area contributed by atoms with Gasteiger partial charge in [-0.15, -0.1) is 0 Å². The maximum absolute atomic E-state index is 11.7. The highest BCUT2D eigenvalue weighted by atomic mass is 16.5. The third-order valence-corrected chi connectivity index (χ3v) is 4.76. The van der Waals surface area contributed by atoms with Gasteiger partial charge in [-0.2, -0.15) is 0 Å². The van der Waals surface area contributed by atoms with Gasteiger partial charge in [0, 0.05) is 26.1 Å². The molecule has 0 spiro atoms. The summed E-state index contributed by atoms with van der Waals surface area (Å²) in [6, 6.07) is -0.566. The molecule has 36 heavy (non-hydrogen) atoms. The minimum atomic E-state index is -0.878. The molecule has 0 aliphatic heterocycles. The molecule has 2 amide bonds. The van der Waals surface area contributed by atoms with Crippen molar-refractivity contribution in [3.05, 3.63) is 0 Å². The fourth-order valence-corrected chi connectivity index (χ4v) is 2.75. The molecule has 0 aromatic heterocycles. The molecule has 0 aromatic carbocycles. The van der Waals surface area contributed by atoms with Gasteiger partial charge in [0.05, 0.1) is 46.2 Å². The lowest BCUT2D eigenvalue weighted by Gasteiger charge is -2.11. The van der Waals surface area contributed by atoms with Gasteiger partial charge in [-0.3, -0.25) is 19.2 Å². The molecule has 0 fully saturated rings. The molecule has 0 aliphatic carbocycles. The smallest absolute Gasteiger partial charge is 0.320 e. The number of aliphatic carboxylic acids is 1. The molecule has 5 N–H and O–H groups in total. The number of ketones is 1. The number of carbonyl (C=O) groups is 4. The second-order valence-corrected chi connectivity index (χ2v) is 7.77. The van der Waals surface area contributed by atoms with Crippen molar-refractivity contribution in [3.8, 4) is 0 Å². The maximum Gasteiger partial charge on any atom is 0.320 e. The molecule has 0 bridgehead atoms. The predicted molar refractivity (Wildman–Crippen MR) is 132 cm³/mol. The van der Waals surface area contributed by atoms with Crippen LogP contribution in [0.15, 0.2) is 0 Å². The number of hydrogen-bond acceptors (Lipinski definition) is 10. The molecule has 13 heteroatoms. The third kappa shape index (κ3) is 22.3. The topological polar surface area (TPSA) is 174 Å². The Bertz CT molecular complexity index is 608. The van der Waals surface area contributed by atoms with Crippen molar-refractivity contribution >= 4 is 23.6 Å². The number of rotatable bonds is 26. The van der Waals surface area contributed by atoms with Gasteiger partial charge in [0.25, 0.3) is 0 Å². The van der Waals surface area contributed by atoms with Crippen LogP contribution in [0.3, 0.4) is 0 Å². The van der Waals surface area contributed by atoms with Crippen molar-refractivity contribution in [3.63, 3.8) is 0 Å². The number of likely N-dealkylation sites (N-methyl/N-ethyl adjacent to an activating group) is 1. The third-order valence-electron chi connectivity index (χ3n) is 4.76. The first-order valence-corrected chi connectivity index (χ1v) is 12.4. The molecule has 0 aliphatic rings. The van der Waals surface area contributed by atoms with Gasteiger partial charge in [0.1, 0.15) is 19.3 Å². The number of carboxylic acid groups (broad SMARTS) is 1. The van der Waals surface area contributed by atoms with Gasteiger partial charge >= 0.3 is 5.97 Å². The summed E-state index contributed by atoms with van der Waals surface area (Å²) in [5, 5.41) is 20.0. The van der Waals surface area contributed by atoms with Crippen molar-refractivity contribution in [2.45, 2.75) is 38.6 Å². The average Bonchev–Trinajstić information content (AvgIpc) is 2.86. The van der Waals surface area contributed by atoms with Crippen molar-refractivity contribution in [1.82, 2.24) is 21.3 Å². The first-order valence-electron chi connectivity index (χ1n) is 12.4. The Morgan fingerprint density at radius 3 is 2.00 bits per heavy atom. The van der Waals surface area contributed by atoms with E-state index in [0.29, 0.717) is 78.4 Å². The second kappa shape index (κ2) is 24.5. The van der Waals surface area contributed by atoms with Crippen molar-refractivity contribution < 1.29 is 43.2 Å². The number of carboxylic acids is 1. The number of Topliss-reactive ketones (excluding diaryl/α,β-unsaturated/α-hetero) is 1. The van der Waals surface area contributed by atoms with Gasteiger partial charge in [0.15, 0.2) is 5.78 Å². The molecular weight excluding hydrogens is 476 g/mol. The largest absolute Gasteiger partial charge is 0.480 e. The Morgan fingerprint density at radius 2 is 1.36 bits per heavy atom. The standard InChI is InChI=1S/C23H44N4O9/c1-3-21(29)27-9-11-34-12-14-35-17-19(28)16-25-8-10-33-13-15-36-18-22(30)26-7-5-4-6-20(24-2)23(31)32/h20,24-25H,3-18H2,1-2H3,(H,26,30)(H,27,29)(H,31,32)/t20-/m0/s1. The van der Waals surface area contributed by atoms with E-state index in [1.807, 2.05) is 0 Å². The van der Waals surface area contributed by atoms with E-state index < -0.39 is 12.0 Å². The van der Waals surface area contributed by atoms with Crippen LogP contribution in [0.25, 0.3) is 0 Å². The Kier molecular flexibility index (Phi) is 23.1. The normalized spacial score (nSPS) is 11.7. The summed E-state index contributed by atoms with van der Waals surface area (Å²) in [6.45, 7) is 5.37. The summed E-state index contributed by atoms with van der Waals surface area (Å²) >= 11 is 0. The van der Waals surface area contributed by atoms with Crippen LogP contribution in [0.4, 0.5) is 0 Å². The molecule has 210 valence electrons. The van der Waals surface area contributed by atoms with Crippen LogP contribution < -0.4 is 21.3 Å². The first-order chi connectivity index (χ1) is 17.4. The van der Waals surface area contributed by atoms with Gasteiger partial charge in [-0.05, 0) is 26.3 Å². The molecule has 13 nitrogen and oxygen atoms in total. The SMILES string of the molecule is CCC(=O)NCCOCCOCC(=O)CNCCOCCOCC(=O)NCCCC[C@H](NC)C(=O)O. The van der Waals surface area contributed by atoms with Crippen molar-refractivity contribution in [2.75, 3.05) is 86.1 Å². The van der Waals surface area contributed by atoms with E-state index in [4.69, 9.17) is 24.1 Å². The fraction of sp³-hybridized carbons (Fsp3) is 0.826. The average molecular weight is 521 g/mol. The molecule has 0 radical (unpaired) electrons. The Hall–Kier alpha value is -2.16. The van der Waals surface area contributed by atoms with Crippen LogP contribution in [-0.4, -0.2) is 121 Å². The highest BCUT2D eigenvalue weighted by molar-refractivity contribution is 5.81. The zero-order valence-electron chi connectivity index (χ0n) is 21.6. The van der Waals surface area contributed by atoms with Crippen molar-refractivity contribution in [1.29, 1.82) is 0 Å². The summed E-state index contributed by atoms with van der Waals surface area (Å²) in [5.74, 6) is -1.21. The summed E-state index contributed by atoms with van der Waals surface area (Å²) in [6.07, 6.45) is 2.33. The van der Waals surface area contributed by atoms with E-state index in [2.05, 4.69) is 21.3 Å². The second-order valence-electron chi connectivity index (χ2n) is 7.77. The van der Waals surface area contributed by atoms with Crippen LogP contribution in [0.2, 0.25) is 0 Å². The highest BCUT2D eigenvalue weighted by Gasteiger charge is 2.13. The molecular formula is C23H44N4O9. The summed E-state index contributed by atoms with van der Waals surface area (Å²) in [4.78, 5) is 45.3. The van der Waals surface area contributed by atoms with Crippen LogP contribution in [0, 0.1) is 0 Å². The van der Waals surface area contributed by atoms with E-state index in [0.717, 1.165) is 0 Å². The lowest BCUT2D eigenvalue weighted by Crippen LogP contribution is -2.34. The summed E-state index contributed by atoms with van der Waals surface area (Å²) in [7, 11) is 1.61. The molecule has 1 atom stereocenters. The van der Waals surface area contributed by atoms with Gasteiger partial charge in [-0.1, -0.05) is 6.92 Å². The van der Waals surface area contributed by atoms with Crippen LogP contribution in [0.5, 0.6) is 0 Å². The van der Waals surface area contributed by atoms with E-state index in [9.17, 15) is 19.2 Å². The van der Waals surface area contributed by atoms with Crippen LogP contribution >= 0.6 is 0 Å². The highest BCUT2D eigenvalue weighted by Crippen LogP contribution is 2.00. The Morgan fingerprint density at radius 1 is 0.750 bits per heavy atom. The first kappa shape index (κ1) is 33.8. The van der Waals surface area contributed by atoms with Crippen molar-refractivity contribution in [2.24, 2.45) is 0 Å². The molecule has 0 rings (SSSR count). The number of amides is 2. The van der Waals surface area contributed by atoms with Gasteiger partial charge < -0.3 is 45.3 Å². The monoisotopic (exact) mass is 520 g/mol. The Balaban J connectivity index is 3.37. The van der Waals surface area contributed by atoms with Crippen LogP contribution in [-0.2, 0) is 38.1 Å². The Labute approximate surface area is 213 Å².